The van der Waals surface area contributed by atoms with E-state index < -0.39 is 0 Å². The highest BCUT2D eigenvalue weighted by Gasteiger charge is 2.10. The third-order valence-corrected chi connectivity index (χ3v) is 3.97. The van der Waals surface area contributed by atoms with Crippen molar-refractivity contribution >= 4 is 16.7 Å². The quantitative estimate of drug-likeness (QED) is 0.611. The number of Topliss-reactive ketones (excluding diaryl/α,β-unsaturated/α-hetero) is 1. The highest BCUT2D eigenvalue weighted by Crippen LogP contribution is 2.27. The van der Waals surface area contributed by atoms with Gasteiger partial charge in [0.1, 0.15) is 23.6 Å². The fourth-order valence-electron chi connectivity index (χ4n) is 2.70. The summed E-state index contributed by atoms with van der Waals surface area (Å²) in [6.07, 6.45) is 0. The van der Waals surface area contributed by atoms with Gasteiger partial charge in [-0.1, -0.05) is 18.2 Å². The zero-order valence-electron chi connectivity index (χ0n) is 14.7. The lowest BCUT2D eigenvalue weighted by atomic mass is 10.1. The van der Waals surface area contributed by atoms with Crippen LogP contribution in [0.2, 0.25) is 0 Å². The second-order valence-electron chi connectivity index (χ2n) is 5.88. The number of para-hydroxylation sites is 1. The number of aromatic nitrogens is 1. The van der Waals surface area contributed by atoms with Crippen molar-refractivity contribution in [3.8, 4) is 11.5 Å². The van der Waals surface area contributed by atoms with Crippen molar-refractivity contribution in [1.29, 1.82) is 0 Å². The van der Waals surface area contributed by atoms with E-state index >= 15 is 0 Å². The average Bonchev–Trinajstić information content (AvgIpc) is 2.61. The first-order chi connectivity index (χ1) is 12.1. The molecule has 1 heterocycles. The van der Waals surface area contributed by atoms with Crippen molar-refractivity contribution in [2.75, 3.05) is 6.61 Å². The molecule has 0 N–H and O–H groups in total. The summed E-state index contributed by atoms with van der Waals surface area (Å²) in [4.78, 5) is 16.2. The van der Waals surface area contributed by atoms with E-state index in [-0.39, 0.29) is 5.78 Å². The lowest BCUT2D eigenvalue weighted by Gasteiger charge is -2.13. The van der Waals surface area contributed by atoms with Gasteiger partial charge in [0, 0.05) is 22.2 Å². The van der Waals surface area contributed by atoms with Gasteiger partial charge < -0.3 is 9.47 Å². The molecular weight excluding hydrogens is 314 g/mol. The molecule has 2 aromatic carbocycles. The maximum Gasteiger partial charge on any atom is 0.159 e. The smallest absolute Gasteiger partial charge is 0.159 e. The molecule has 0 saturated carbocycles. The first-order valence-corrected chi connectivity index (χ1v) is 8.34. The van der Waals surface area contributed by atoms with Crippen molar-refractivity contribution in [3.63, 3.8) is 0 Å². The number of ketones is 1. The van der Waals surface area contributed by atoms with Gasteiger partial charge in [-0.05, 0) is 51.1 Å². The number of ether oxygens (including phenoxy) is 2. The Labute approximate surface area is 147 Å². The maximum absolute atomic E-state index is 11.7. The highest BCUT2D eigenvalue weighted by atomic mass is 16.5. The molecule has 0 fully saturated rings. The minimum absolute atomic E-state index is 0.0201. The Morgan fingerprint density at radius 1 is 1.04 bits per heavy atom. The predicted molar refractivity (Wildman–Crippen MR) is 98.4 cm³/mol. The number of rotatable bonds is 6. The van der Waals surface area contributed by atoms with Crippen LogP contribution in [0.4, 0.5) is 0 Å². The van der Waals surface area contributed by atoms with Crippen molar-refractivity contribution < 1.29 is 14.3 Å². The van der Waals surface area contributed by atoms with Crippen LogP contribution in [0.25, 0.3) is 10.9 Å². The number of hydrogen-bond donors (Lipinski definition) is 0. The standard InChI is InChI=1S/C21H21NO3/c1-4-24-19-11-10-17(15(3)23)12-18(19)13-25-20-7-5-6-16-9-8-14(2)22-21(16)20/h5-12H,4,13H2,1-3H3. The van der Waals surface area contributed by atoms with Crippen molar-refractivity contribution in [2.45, 2.75) is 27.4 Å². The highest BCUT2D eigenvalue weighted by molar-refractivity contribution is 5.94. The van der Waals surface area contributed by atoms with Gasteiger partial charge in [-0.15, -0.1) is 0 Å². The van der Waals surface area contributed by atoms with Gasteiger partial charge in [0.15, 0.2) is 5.78 Å². The van der Waals surface area contributed by atoms with E-state index in [0.717, 1.165) is 33.7 Å². The van der Waals surface area contributed by atoms with E-state index in [4.69, 9.17) is 9.47 Å². The largest absolute Gasteiger partial charge is 0.493 e. The van der Waals surface area contributed by atoms with E-state index in [2.05, 4.69) is 4.98 Å². The predicted octanol–water partition coefficient (Wildman–Crippen LogP) is 4.72. The Morgan fingerprint density at radius 2 is 1.88 bits per heavy atom. The van der Waals surface area contributed by atoms with Crippen LogP contribution in [0.1, 0.15) is 35.5 Å². The van der Waals surface area contributed by atoms with Gasteiger partial charge in [-0.2, -0.15) is 0 Å². The molecule has 0 unspecified atom stereocenters. The van der Waals surface area contributed by atoms with E-state index in [9.17, 15) is 4.79 Å². The van der Waals surface area contributed by atoms with E-state index in [0.29, 0.717) is 18.8 Å². The summed E-state index contributed by atoms with van der Waals surface area (Å²) in [7, 11) is 0. The minimum Gasteiger partial charge on any atom is -0.493 e. The molecule has 0 spiro atoms. The molecule has 0 aliphatic rings. The topological polar surface area (TPSA) is 48.4 Å². The molecule has 4 nitrogen and oxygen atoms in total. The van der Waals surface area contributed by atoms with Crippen molar-refractivity contribution in [3.05, 3.63) is 65.4 Å². The fraction of sp³-hybridized carbons (Fsp3) is 0.238. The van der Waals surface area contributed by atoms with Crippen LogP contribution in [0.3, 0.4) is 0 Å². The molecule has 1 aromatic heterocycles. The molecule has 4 heteroatoms. The van der Waals surface area contributed by atoms with E-state index in [1.807, 2.05) is 56.3 Å². The summed E-state index contributed by atoms with van der Waals surface area (Å²) in [6, 6.07) is 15.3. The summed E-state index contributed by atoms with van der Waals surface area (Å²) >= 11 is 0. The Hall–Kier alpha value is -2.88. The molecule has 3 aromatic rings. The summed E-state index contributed by atoms with van der Waals surface area (Å²) in [5, 5.41) is 1.03. The van der Waals surface area contributed by atoms with Crippen LogP contribution < -0.4 is 9.47 Å². The zero-order chi connectivity index (χ0) is 17.8. The first-order valence-electron chi connectivity index (χ1n) is 8.34. The van der Waals surface area contributed by atoms with Gasteiger partial charge in [-0.25, -0.2) is 4.98 Å². The Kier molecular flexibility index (Phi) is 4.98. The molecule has 0 bridgehead atoms. The molecule has 0 atom stereocenters. The molecule has 0 aliphatic carbocycles. The lowest BCUT2D eigenvalue weighted by molar-refractivity contribution is 0.101. The second-order valence-corrected chi connectivity index (χ2v) is 5.88. The molecule has 0 amide bonds. The van der Waals surface area contributed by atoms with E-state index in [1.165, 1.54) is 0 Å². The van der Waals surface area contributed by atoms with E-state index in [1.54, 1.807) is 13.0 Å². The Bertz CT molecular complexity index is 918. The van der Waals surface area contributed by atoms with Crippen LogP contribution in [0.15, 0.2) is 48.5 Å². The number of aryl methyl sites for hydroxylation is 1. The van der Waals surface area contributed by atoms with Gasteiger partial charge in [0.25, 0.3) is 0 Å². The summed E-state index contributed by atoms with van der Waals surface area (Å²) in [5.74, 6) is 1.47. The van der Waals surface area contributed by atoms with Crippen LogP contribution >= 0.6 is 0 Å². The average molecular weight is 335 g/mol. The Balaban J connectivity index is 1.92. The third kappa shape index (κ3) is 3.79. The number of pyridine rings is 1. The fourth-order valence-corrected chi connectivity index (χ4v) is 2.70. The number of fused-ring (bicyclic) bond motifs is 1. The monoisotopic (exact) mass is 335 g/mol. The van der Waals surface area contributed by atoms with Crippen LogP contribution in [0, 0.1) is 6.92 Å². The normalized spacial score (nSPS) is 10.7. The number of nitrogens with zero attached hydrogens (tertiary/aromatic N) is 1. The SMILES string of the molecule is CCOc1ccc(C(C)=O)cc1COc1cccc2ccc(C)nc12. The van der Waals surface area contributed by atoms with Crippen molar-refractivity contribution in [2.24, 2.45) is 0 Å². The molecule has 0 aliphatic heterocycles. The number of carbonyl (C=O) groups is 1. The zero-order valence-corrected chi connectivity index (χ0v) is 14.7. The molecule has 3 rings (SSSR count). The van der Waals surface area contributed by atoms with Crippen LogP contribution in [-0.2, 0) is 6.61 Å². The van der Waals surface area contributed by atoms with Crippen molar-refractivity contribution in [1.82, 2.24) is 4.98 Å². The third-order valence-electron chi connectivity index (χ3n) is 3.97. The van der Waals surface area contributed by atoms with Gasteiger partial charge in [-0.3, -0.25) is 4.79 Å². The van der Waals surface area contributed by atoms with Gasteiger partial charge >= 0.3 is 0 Å². The molecule has 0 radical (unpaired) electrons. The molecule has 0 saturated heterocycles. The second kappa shape index (κ2) is 7.34. The van der Waals surface area contributed by atoms with Gasteiger partial charge in [0.2, 0.25) is 0 Å². The molecular formula is C21H21NO3. The maximum atomic E-state index is 11.7. The Morgan fingerprint density at radius 3 is 2.64 bits per heavy atom. The summed E-state index contributed by atoms with van der Waals surface area (Å²) in [6.45, 7) is 6.31. The molecule has 25 heavy (non-hydrogen) atoms. The van der Waals surface area contributed by atoms with Gasteiger partial charge in [0.05, 0.1) is 6.61 Å². The van der Waals surface area contributed by atoms with Crippen LogP contribution in [0.5, 0.6) is 11.5 Å². The lowest BCUT2D eigenvalue weighted by Crippen LogP contribution is -2.04. The minimum atomic E-state index is 0.0201. The first kappa shape index (κ1) is 17.0. The number of benzene rings is 2. The summed E-state index contributed by atoms with van der Waals surface area (Å²) in [5.41, 5.74) is 3.27. The van der Waals surface area contributed by atoms with Crippen LogP contribution in [-0.4, -0.2) is 17.4 Å². The number of carbonyl (C=O) groups excluding carboxylic acids is 1. The summed E-state index contributed by atoms with van der Waals surface area (Å²) < 4.78 is 11.7. The molecule has 128 valence electrons. The number of hydrogen-bond acceptors (Lipinski definition) is 4.